The summed E-state index contributed by atoms with van der Waals surface area (Å²) >= 11 is 0. The number of aromatic nitrogens is 3. The monoisotopic (exact) mass is 314 g/mol. The molecule has 1 aromatic carbocycles. The summed E-state index contributed by atoms with van der Waals surface area (Å²) in [6, 6.07) is 6.78. The van der Waals surface area contributed by atoms with Gasteiger partial charge in [0.05, 0.1) is 23.9 Å². The molecule has 1 fully saturated rings. The highest BCUT2D eigenvalue weighted by Crippen LogP contribution is 2.26. The first-order chi connectivity index (χ1) is 11.2. The van der Waals surface area contributed by atoms with E-state index in [1.54, 1.807) is 46.3 Å². The lowest BCUT2D eigenvalue weighted by Gasteiger charge is -2.18. The van der Waals surface area contributed by atoms with Crippen molar-refractivity contribution < 1.29 is 14.6 Å². The molecule has 0 aliphatic carbocycles. The van der Waals surface area contributed by atoms with Gasteiger partial charge >= 0.3 is 0 Å². The van der Waals surface area contributed by atoms with Crippen LogP contribution < -0.4 is 4.74 Å². The quantitative estimate of drug-likeness (QED) is 0.830. The van der Waals surface area contributed by atoms with Gasteiger partial charge in [-0.2, -0.15) is 0 Å². The zero-order chi connectivity index (χ0) is 16.2. The Bertz CT molecular complexity index is 686. The maximum Gasteiger partial charge on any atom is 0.257 e. The number of aliphatic hydroxyl groups excluding tert-OH is 1. The van der Waals surface area contributed by atoms with E-state index in [1.807, 2.05) is 6.07 Å². The molecule has 1 saturated heterocycles. The van der Waals surface area contributed by atoms with Gasteiger partial charge in [0.25, 0.3) is 5.91 Å². The highest BCUT2D eigenvalue weighted by Gasteiger charge is 2.36. The van der Waals surface area contributed by atoms with Crippen molar-refractivity contribution in [2.24, 2.45) is 0 Å². The summed E-state index contributed by atoms with van der Waals surface area (Å²) in [5, 5.41) is 17.9. The molecular formula is C16H18N4O3. The van der Waals surface area contributed by atoms with E-state index in [9.17, 15) is 9.90 Å². The molecule has 7 heteroatoms. The van der Waals surface area contributed by atoms with Gasteiger partial charge in [-0.1, -0.05) is 30.0 Å². The van der Waals surface area contributed by atoms with Crippen molar-refractivity contribution in [3.05, 3.63) is 54.9 Å². The molecule has 120 valence electrons. The van der Waals surface area contributed by atoms with Crippen molar-refractivity contribution in [2.45, 2.75) is 12.1 Å². The number of β-amino-alcohol motifs (C(OH)–C–C–N with tert-alkyl or cyclic N) is 1. The minimum absolute atomic E-state index is 0.175. The summed E-state index contributed by atoms with van der Waals surface area (Å²) in [7, 11) is 0. The summed E-state index contributed by atoms with van der Waals surface area (Å²) in [4.78, 5) is 14.4. The smallest absolute Gasteiger partial charge is 0.257 e. The van der Waals surface area contributed by atoms with Crippen LogP contribution in [0.1, 0.15) is 16.4 Å². The summed E-state index contributed by atoms with van der Waals surface area (Å²) in [6.45, 7) is 4.56. The molecule has 23 heavy (non-hydrogen) atoms. The second-order valence-electron chi connectivity index (χ2n) is 5.32. The van der Waals surface area contributed by atoms with Crippen LogP contribution in [0.15, 0.2) is 49.3 Å². The lowest BCUT2D eigenvalue weighted by molar-refractivity contribution is 0.0760. The van der Waals surface area contributed by atoms with Crippen LogP contribution in [0.3, 0.4) is 0 Å². The van der Waals surface area contributed by atoms with Gasteiger partial charge in [0, 0.05) is 19.3 Å². The van der Waals surface area contributed by atoms with Gasteiger partial charge in [-0.05, 0) is 12.1 Å². The van der Waals surface area contributed by atoms with E-state index in [1.165, 1.54) is 0 Å². The van der Waals surface area contributed by atoms with Crippen molar-refractivity contribution in [2.75, 3.05) is 19.7 Å². The molecule has 2 atom stereocenters. The van der Waals surface area contributed by atoms with Crippen molar-refractivity contribution in [3.63, 3.8) is 0 Å². The lowest BCUT2D eigenvalue weighted by Crippen LogP contribution is -2.30. The Labute approximate surface area is 133 Å². The fraction of sp³-hybridized carbons (Fsp3) is 0.312. The predicted molar refractivity (Wildman–Crippen MR) is 83.1 cm³/mol. The Balaban J connectivity index is 1.78. The fourth-order valence-corrected chi connectivity index (χ4v) is 2.68. The summed E-state index contributed by atoms with van der Waals surface area (Å²) in [5.74, 6) is 0.336. The van der Waals surface area contributed by atoms with Gasteiger partial charge in [-0.25, -0.2) is 4.68 Å². The van der Waals surface area contributed by atoms with E-state index >= 15 is 0 Å². The van der Waals surface area contributed by atoms with Gasteiger partial charge in [-0.15, -0.1) is 5.10 Å². The first kappa shape index (κ1) is 15.2. The maximum atomic E-state index is 12.8. The number of likely N-dealkylation sites (tertiary alicyclic amines) is 1. The topological polar surface area (TPSA) is 80.5 Å². The van der Waals surface area contributed by atoms with Crippen LogP contribution in [0.2, 0.25) is 0 Å². The van der Waals surface area contributed by atoms with E-state index in [2.05, 4.69) is 16.9 Å². The number of hydrogen-bond donors (Lipinski definition) is 1. The number of nitrogens with zero attached hydrogens (tertiary/aromatic N) is 4. The Morgan fingerprint density at radius 3 is 3.00 bits per heavy atom. The number of ether oxygens (including phenoxy) is 1. The largest absolute Gasteiger partial charge is 0.489 e. The summed E-state index contributed by atoms with van der Waals surface area (Å²) < 4.78 is 7.12. The normalized spacial score (nSPS) is 20.5. The minimum atomic E-state index is -0.679. The zero-order valence-corrected chi connectivity index (χ0v) is 12.6. The minimum Gasteiger partial charge on any atom is -0.489 e. The number of hydrogen-bond acceptors (Lipinski definition) is 5. The van der Waals surface area contributed by atoms with Gasteiger partial charge in [0.2, 0.25) is 0 Å². The Morgan fingerprint density at radius 2 is 2.26 bits per heavy atom. The molecule has 1 aromatic heterocycles. The SMILES string of the molecule is C=CCOc1ccccc1C(=O)N1C[C@@H](O)[C@H](n2ccnn2)C1. The maximum absolute atomic E-state index is 12.8. The molecule has 0 radical (unpaired) electrons. The first-order valence-corrected chi connectivity index (χ1v) is 7.36. The Hall–Kier alpha value is -2.67. The average Bonchev–Trinajstić information content (AvgIpc) is 3.21. The third-order valence-corrected chi connectivity index (χ3v) is 3.80. The van der Waals surface area contributed by atoms with Gasteiger partial charge in [0.1, 0.15) is 12.4 Å². The Kier molecular flexibility index (Phi) is 4.38. The van der Waals surface area contributed by atoms with E-state index in [0.717, 1.165) is 0 Å². The van der Waals surface area contributed by atoms with Crippen molar-refractivity contribution in [1.82, 2.24) is 19.9 Å². The van der Waals surface area contributed by atoms with Gasteiger partial charge in [-0.3, -0.25) is 4.79 Å². The summed E-state index contributed by atoms with van der Waals surface area (Å²) in [5.41, 5.74) is 0.473. The van der Waals surface area contributed by atoms with Gasteiger partial charge < -0.3 is 14.7 Å². The van der Waals surface area contributed by atoms with Gasteiger partial charge in [0.15, 0.2) is 0 Å². The standard InChI is InChI=1S/C16H18N4O3/c1-2-9-23-15-6-4-3-5-12(15)16(22)19-10-13(14(21)11-19)20-8-7-17-18-20/h2-8,13-14,21H,1,9-11H2/t13-,14-/m1/s1. The van der Waals surface area contributed by atoms with Crippen LogP contribution in [-0.2, 0) is 0 Å². The van der Waals surface area contributed by atoms with E-state index in [0.29, 0.717) is 24.5 Å². The second-order valence-corrected chi connectivity index (χ2v) is 5.32. The third-order valence-electron chi connectivity index (χ3n) is 3.80. The van der Waals surface area contributed by atoms with Crippen LogP contribution in [0.25, 0.3) is 0 Å². The molecule has 0 saturated carbocycles. The molecule has 3 rings (SSSR count). The molecule has 2 aromatic rings. The number of para-hydroxylation sites is 1. The number of carbonyl (C=O) groups excluding carboxylic acids is 1. The third kappa shape index (κ3) is 3.09. The van der Waals surface area contributed by atoms with Crippen LogP contribution >= 0.6 is 0 Å². The number of benzene rings is 1. The molecule has 1 aliphatic rings. The van der Waals surface area contributed by atoms with Crippen molar-refractivity contribution >= 4 is 5.91 Å². The highest BCUT2D eigenvalue weighted by atomic mass is 16.5. The number of carbonyl (C=O) groups is 1. The number of rotatable bonds is 5. The predicted octanol–water partition coefficient (Wildman–Crippen LogP) is 0.901. The molecule has 0 spiro atoms. The van der Waals surface area contributed by atoms with Crippen molar-refractivity contribution in [3.8, 4) is 5.75 Å². The van der Waals surface area contributed by atoms with E-state index in [-0.39, 0.29) is 18.5 Å². The number of aliphatic hydroxyl groups is 1. The molecule has 2 heterocycles. The van der Waals surface area contributed by atoms with Crippen molar-refractivity contribution in [1.29, 1.82) is 0 Å². The average molecular weight is 314 g/mol. The van der Waals surface area contributed by atoms with Crippen LogP contribution in [0.4, 0.5) is 0 Å². The van der Waals surface area contributed by atoms with E-state index < -0.39 is 6.10 Å². The second kappa shape index (κ2) is 6.62. The lowest BCUT2D eigenvalue weighted by atomic mass is 10.2. The molecule has 0 bridgehead atoms. The summed E-state index contributed by atoms with van der Waals surface area (Å²) in [6.07, 6.45) is 4.18. The molecule has 7 nitrogen and oxygen atoms in total. The molecule has 1 amide bonds. The van der Waals surface area contributed by atoms with Crippen LogP contribution in [-0.4, -0.2) is 56.7 Å². The van der Waals surface area contributed by atoms with Crippen LogP contribution in [0, 0.1) is 0 Å². The highest BCUT2D eigenvalue weighted by molar-refractivity contribution is 5.97. The molecule has 0 unspecified atom stereocenters. The van der Waals surface area contributed by atoms with E-state index in [4.69, 9.17) is 4.74 Å². The molecule has 1 N–H and O–H groups in total. The number of amides is 1. The molecular weight excluding hydrogens is 296 g/mol. The fourth-order valence-electron chi connectivity index (χ4n) is 2.68. The molecule has 1 aliphatic heterocycles. The first-order valence-electron chi connectivity index (χ1n) is 7.36. The Morgan fingerprint density at radius 1 is 1.43 bits per heavy atom. The van der Waals surface area contributed by atoms with Crippen LogP contribution in [0.5, 0.6) is 5.75 Å². The zero-order valence-electron chi connectivity index (χ0n) is 12.6.